The van der Waals surface area contributed by atoms with Crippen molar-refractivity contribution in [2.45, 2.75) is 72.6 Å². The lowest BCUT2D eigenvalue weighted by atomic mass is 10.0. The minimum atomic E-state index is -3.00. The number of rotatable bonds is 13. The van der Waals surface area contributed by atoms with Crippen molar-refractivity contribution in [2.24, 2.45) is 5.92 Å². The molecule has 0 bridgehead atoms. The molecule has 41 heavy (non-hydrogen) atoms. The van der Waals surface area contributed by atoms with Gasteiger partial charge in [-0.2, -0.15) is 0 Å². The highest BCUT2D eigenvalue weighted by Gasteiger charge is 2.34. The number of benzene rings is 2. The van der Waals surface area contributed by atoms with Gasteiger partial charge in [-0.05, 0) is 48.6 Å². The highest BCUT2D eigenvalue weighted by Crippen LogP contribution is 2.32. The average Bonchev–Trinajstić information content (AvgIpc) is 2.90. The first-order chi connectivity index (χ1) is 19.4. The number of aliphatic hydroxyl groups is 3. The molecule has 3 rings (SSSR count). The molecule has 1 heterocycles. The molecule has 2 aromatic carbocycles. The summed E-state index contributed by atoms with van der Waals surface area (Å²) in [5.41, 5.74) is 1.75. The van der Waals surface area contributed by atoms with Crippen LogP contribution >= 0.6 is 0 Å². The van der Waals surface area contributed by atoms with E-state index in [9.17, 15) is 24.9 Å². The number of hydrogen-bond acceptors (Lipinski definition) is 7. The molecule has 2 amide bonds. The highest BCUT2D eigenvalue weighted by molar-refractivity contribution is 5.79. The maximum Gasteiger partial charge on any atom is 0.354 e. The molecular formula is C31H44FN3O6. The van der Waals surface area contributed by atoms with Gasteiger partial charge in [-0.3, -0.25) is 14.5 Å². The van der Waals surface area contributed by atoms with Gasteiger partial charge in [0.15, 0.2) is 0 Å². The first-order valence-electron chi connectivity index (χ1n) is 14.0. The van der Waals surface area contributed by atoms with Crippen LogP contribution < -0.4 is 10.1 Å². The smallest absolute Gasteiger partial charge is 0.354 e. The summed E-state index contributed by atoms with van der Waals surface area (Å²) in [6, 6.07) is 8.57. The zero-order valence-electron chi connectivity index (χ0n) is 24.7. The molecule has 0 spiro atoms. The van der Waals surface area contributed by atoms with Gasteiger partial charge in [-0.15, -0.1) is 0 Å². The molecule has 1 aliphatic rings. The van der Waals surface area contributed by atoms with E-state index in [1.807, 2.05) is 18.7 Å². The molecular weight excluding hydrogens is 529 g/mol. The maximum absolute atomic E-state index is 15.1. The Morgan fingerprint density at radius 3 is 2.51 bits per heavy atom. The largest absolute Gasteiger partial charge is 0.435 e. The van der Waals surface area contributed by atoms with Gasteiger partial charge < -0.3 is 30.3 Å². The van der Waals surface area contributed by atoms with Crippen molar-refractivity contribution < 1.29 is 34.0 Å². The molecule has 226 valence electrons. The topological polar surface area (TPSA) is 123 Å². The van der Waals surface area contributed by atoms with Crippen LogP contribution in [-0.4, -0.2) is 63.2 Å². The average molecular weight is 574 g/mol. The summed E-state index contributed by atoms with van der Waals surface area (Å²) in [6.45, 7) is 15.3. The maximum atomic E-state index is 15.1. The van der Waals surface area contributed by atoms with Gasteiger partial charge in [0.25, 0.3) is 0 Å². The van der Waals surface area contributed by atoms with Gasteiger partial charge >= 0.3 is 5.97 Å². The monoisotopic (exact) mass is 573 g/mol. The van der Waals surface area contributed by atoms with Crippen molar-refractivity contribution in [3.63, 3.8) is 0 Å². The van der Waals surface area contributed by atoms with Gasteiger partial charge in [0.1, 0.15) is 11.6 Å². The molecule has 1 aliphatic heterocycles. The summed E-state index contributed by atoms with van der Waals surface area (Å²) < 4.78 is 20.7. The van der Waals surface area contributed by atoms with Gasteiger partial charge in [0.2, 0.25) is 12.3 Å². The van der Waals surface area contributed by atoms with Crippen molar-refractivity contribution in [1.82, 2.24) is 15.1 Å². The fourth-order valence-electron chi connectivity index (χ4n) is 4.79. The van der Waals surface area contributed by atoms with Crippen molar-refractivity contribution in [3.05, 3.63) is 76.7 Å². The van der Waals surface area contributed by atoms with E-state index in [0.717, 1.165) is 0 Å². The van der Waals surface area contributed by atoms with Crippen molar-refractivity contribution in [2.75, 3.05) is 19.7 Å². The molecule has 2 aromatic rings. The number of nitrogens with zero attached hydrogens (tertiary/aromatic N) is 2. The van der Waals surface area contributed by atoms with Crippen LogP contribution in [0.5, 0.6) is 5.75 Å². The van der Waals surface area contributed by atoms with Crippen LogP contribution in [0.25, 0.3) is 0 Å². The SMILES string of the molecule is C=C1NC(=O)CCC1N(C=O)Cc1c(C)cccc1OC(O)(O)c1ccc(CN(CCO)CC(C)C)cc1F.CC. The fraction of sp³-hybridized carbons (Fsp3) is 0.484. The number of carbonyl (C=O) groups excluding carboxylic acids is 2. The quantitative estimate of drug-likeness (QED) is 0.214. The van der Waals surface area contributed by atoms with Gasteiger partial charge in [0, 0.05) is 43.9 Å². The van der Waals surface area contributed by atoms with E-state index < -0.39 is 23.4 Å². The molecule has 1 fully saturated rings. The first-order valence-corrected chi connectivity index (χ1v) is 14.0. The summed E-state index contributed by atoms with van der Waals surface area (Å²) >= 11 is 0. The Kier molecular flexibility index (Phi) is 12.9. The molecule has 9 nitrogen and oxygen atoms in total. The van der Waals surface area contributed by atoms with Crippen LogP contribution in [0.3, 0.4) is 0 Å². The lowest BCUT2D eigenvalue weighted by Gasteiger charge is -2.34. The highest BCUT2D eigenvalue weighted by atomic mass is 19.1. The third-order valence-electron chi connectivity index (χ3n) is 6.67. The Morgan fingerprint density at radius 2 is 1.93 bits per heavy atom. The normalized spacial score (nSPS) is 15.3. The molecule has 0 aliphatic carbocycles. The predicted octanol–water partition coefficient (Wildman–Crippen LogP) is 3.54. The van der Waals surface area contributed by atoms with Crippen molar-refractivity contribution in [3.8, 4) is 5.75 Å². The number of carbonyl (C=O) groups is 2. The zero-order valence-corrected chi connectivity index (χ0v) is 24.7. The predicted molar refractivity (Wildman–Crippen MR) is 155 cm³/mol. The van der Waals surface area contributed by atoms with E-state index in [4.69, 9.17) is 4.74 Å². The van der Waals surface area contributed by atoms with E-state index in [1.54, 1.807) is 25.1 Å². The number of amides is 2. The molecule has 4 N–H and O–H groups in total. The molecule has 1 atom stereocenters. The Balaban J connectivity index is 0.00000287. The zero-order chi connectivity index (χ0) is 30.7. The minimum absolute atomic E-state index is 0.0264. The molecule has 0 aromatic heterocycles. The van der Waals surface area contributed by atoms with Crippen LogP contribution in [0.15, 0.2) is 48.7 Å². The number of nitrogens with one attached hydrogen (secondary N) is 1. The van der Waals surface area contributed by atoms with E-state index in [0.29, 0.717) is 60.8 Å². The number of ether oxygens (including phenoxy) is 1. The van der Waals surface area contributed by atoms with Gasteiger partial charge in [0.05, 0.1) is 18.2 Å². The second-order valence-corrected chi connectivity index (χ2v) is 10.3. The lowest BCUT2D eigenvalue weighted by Crippen LogP contribution is -2.45. The summed E-state index contributed by atoms with van der Waals surface area (Å²) in [5.74, 6) is -3.61. The third-order valence-corrected chi connectivity index (χ3v) is 6.67. The van der Waals surface area contributed by atoms with E-state index in [1.165, 1.54) is 23.1 Å². The summed E-state index contributed by atoms with van der Waals surface area (Å²) in [6.07, 6.45) is 1.29. The molecule has 0 radical (unpaired) electrons. The Labute approximate surface area is 242 Å². The van der Waals surface area contributed by atoms with Gasteiger partial charge in [-0.25, -0.2) is 4.39 Å². The summed E-state index contributed by atoms with van der Waals surface area (Å²) in [5, 5.41) is 33.7. The number of aliphatic hydroxyl groups excluding tert-OH is 1. The number of aryl methyl sites for hydroxylation is 1. The van der Waals surface area contributed by atoms with E-state index in [-0.39, 0.29) is 31.2 Å². The van der Waals surface area contributed by atoms with Crippen molar-refractivity contribution in [1.29, 1.82) is 0 Å². The van der Waals surface area contributed by atoms with Crippen molar-refractivity contribution >= 4 is 12.3 Å². The Hall–Kier alpha value is -3.31. The van der Waals surface area contributed by atoms with Gasteiger partial charge in [-0.1, -0.05) is 52.5 Å². The third kappa shape index (κ3) is 9.36. The summed E-state index contributed by atoms with van der Waals surface area (Å²) in [7, 11) is 0. The Bertz CT molecular complexity index is 1190. The number of piperidine rings is 1. The molecule has 10 heteroatoms. The standard InChI is InChI=1S/C29H38FN3O6.C2H6/c1-19(2)15-32(12-13-34)16-22-8-9-24(25(30)14-22)29(37,38)39-27-7-5-6-20(3)23(27)17-33(18-35)26-10-11-28(36)31-21(26)4;1-2/h5-9,14,18-19,26,34,37-38H,4,10-13,15-17H2,1-3H3,(H,31,36);1-2H3. The van der Waals surface area contributed by atoms with Crippen LogP contribution in [0.1, 0.15) is 62.8 Å². The minimum Gasteiger partial charge on any atom is -0.435 e. The summed E-state index contributed by atoms with van der Waals surface area (Å²) in [4.78, 5) is 27.1. The van der Waals surface area contributed by atoms with Crippen LogP contribution in [0, 0.1) is 18.7 Å². The first kappa shape index (κ1) is 33.9. The molecule has 0 saturated carbocycles. The van der Waals surface area contributed by atoms with Crippen LogP contribution in [0.4, 0.5) is 4.39 Å². The van der Waals surface area contributed by atoms with E-state index in [2.05, 4.69) is 25.7 Å². The number of halogens is 1. The Morgan fingerprint density at radius 1 is 1.22 bits per heavy atom. The second kappa shape index (κ2) is 15.6. The second-order valence-electron chi connectivity index (χ2n) is 10.3. The molecule has 1 saturated heterocycles. The van der Waals surface area contributed by atoms with Crippen LogP contribution in [-0.2, 0) is 28.7 Å². The fourth-order valence-corrected chi connectivity index (χ4v) is 4.79. The lowest BCUT2D eigenvalue weighted by molar-refractivity contribution is -0.305. The van der Waals surface area contributed by atoms with E-state index >= 15 is 4.39 Å². The molecule has 1 unspecified atom stereocenters. The van der Waals surface area contributed by atoms with Crippen LogP contribution in [0.2, 0.25) is 0 Å². The number of hydrogen-bond donors (Lipinski definition) is 4.